The summed E-state index contributed by atoms with van der Waals surface area (Å²) in [5.41, 5.74) is 2.27. The topological polar surface area (TPSA) is 55.9 Å². The first-order valence-electron chi connectivity index (χ1n) is 6.49. The lowest BCUT2D eigenvalue weighted by molar-refractivity contribution is -0.137. The second kappa shape index (κ2) is 4.46. The predicted molar refractivity (Wildman–Crippen MR) is 68.3 cm³/mol. The van der Waals surface area contributed by atoms with Crippen LogP contribution in [-0.4, -0.2) is 30.6 Å². The Kier molecular flexibility index (Phi) is 2.90. The number of rotatable bonds is 1. The van der Waals surface area contributed by atoms with Crippen LogP contribution in [0.3, 0.4) is 0 Å². The van der Waals surface area contributed by atoms with Crippen LogP contribution in [0.5, 0.6) is 0 Å². The van der Waals surface area contributed by atoms with E-state index in [1.165, 1.54) is 0 Å². The van der Waals surface area contributed by atoms with Crippen molar-refractivity contribution in [3.8, 4) is 0 Å². The average molecular weight is 260 g/mol. The van der Waals surface area contributed by atoms with Crippen molar-refractivity contribution in [1.29, 1.82) is 0 Å². The molecule has 0 radical (unpaired) electrons. The Morgan fingerprint density at radius 1 is 1.47 bits per heavy atom. The fourth-order valence-corrected chi connectivity index (χ4v) is 2.86. The first-order valence-corrected chi connectivity index (χ1v) is 6.49. The third kappa shape index (κ3) is 2.06. The van der Waals surface area contributed by atoms with Crippen molar-refractivity contribution in [2.45, 2.75) is 38.1 Å². The molecule has 0 aromatic carbocycles. The molecule has 2 heterocycles. The van der Waals surface area contributed by atoms with Gasteiger partial charge < -0.3 is 9.47 Å². The molecule has 0 N–H and O–H groups in total. The minimum atomic E-state index is -0.357. The Morgan fingerprint density at radius 3 is 3.00 bits per heavy atom. The molecule has 0 aromatic rings. The highest BCUT2D eigenvalue weighted by atomic mass is 16.6. The highest BCUT2D eigenvalue weighted by Crippen LogP contribution is 2.44. The summed E-state index contributed by atoms with van der Waals surface area (Å²) in [5.74, 6) is -0.530. The van der Waals surface area contributed by atoms with E-state index >= 15 is 0 Å². The van der Waals surface area contributed by atoms with Gasteiger partial charge in [-0.3, -0.25) is 4.79 Å². The Balaban J connectivity index is 1.95. The molecule has 100 valence electrons. The van der Waals surface area contributed by atoms with Gasteiger partial charge in [-0.25, -0.2) is 4.79 Å². The number of hydrogen-bond acceptors (Lipinski definition) is 4. The Morgan fingerprint density at radius 2 is 2.26 bits per heavy atom. The van der Waals surface area contributed by atoms with E-state index in [0.29, 0.717) is 11.1 Å². The standard InChI is InChI=1S/C15H16O4/c1-8-4-3-5-10(7-16)13-14(19-13)12-9(2)15(17)18-11(12)6-8/h5-7,11-14H,2-4H2,1H3/t11-,12+,13?,14?/m1/s1. The van der Waals surface area contributed by atoms with Crippen molar-refractivity contribution in [3.05, 3.63) is 35.5 Å². The molecule has 3 aliphatic rings. The van der Waals surface area contributed by atoms with Crippen molar-refractivity contribution in [1.82, 2.24) is 0 Å². The molecule has 1 aliphatic carbocycles. The fourth-order valence-electron chi connectivity index (χ4n) is 2.86. The summed E-state index contributed by atoms with van der Waals surface area (Å²) >= 11 is 0. The summed E-state index contributed by atoms with van der Waals surface area (Å²) in [7, 11) is 0. The number of fused-ring (bicyclic) bond motifs is 3. The SMILES string of the molecule is C=C1C(=O)O[C@@H]2C=C(C)CCC=C(C=O)C3OC3[C@@H]12. The minimum absolute atomic E-state index is 0.164. The maximum Gasteiger partial charge on any atom is 0.334 e. The summed E-state index contributed by atoms with van der Waals surface area (Å²) in [4.78, 5) is 22.8. The zero-order valence-electron chi connectivity index (χ0n) is 10.8. The monoisotopic (exact) mass is 260 g/mol. The molecule has 4 nitrogen and oxygen atoms in total. The van der Waals surface area contributed by atoms with Crippen LogP contribution in [0.1, 0.15) is 19.8 Å². The Bertz CT molecular complexity index is 514. The maximum absolute atomic E-state index is 11.7. The molecule has 0 spiro atoms. The van der Waals surface area contributed by atoms with Gasteiger partial charge in [-0.05, 0) is 25.8 Å². The van der Waals surface area contributed by atoms with Gasteiger partial charge in [0.2, 0.25) is 0 Å². The molecule has 2 aliphatic heterocycles. The summed E-state index contributed by atoms with van der Waals surface area (Å²) in [6, 6.07) is 0. The van der Waals surface area contributed by atoms with Gasteiger partial charge in [-0.1, -0.05) is 18.2 Å². The van der Waals surface area contributed by atoms with Crippen LogP contribution in [0.25, 0.3) is 0 Å². The minimum Gasteiger partial charge on any atom is -0.454 e. The molecule has 0 aromatic heterocycles. The molecule has 0 bridgehead atoms. The van der Waals surface area contributed by atoms with Gasteiger partial charge in [0.05, 0.1) is 12.0 Å². The van der Waals surface area contributed by atoms with E-state index in [9.17, 15) is 9.59 Å². The quantitative estimate of drug-likeness (QED) is 0.237. The smallest absolute Gasteiger partial charge is 0.334 e. The fraction of sp³-hybridized carbons (Fsp3) is 0.467. The molecule has 2 fully saturated rings. The first-order chi connectivity index (χ1) is 9.11. The van der Waals surface area contributed by atoms with Crippen LogP contribution in [0.2, 0.25) is 0 Å². The lowest BCUT2D eigenvalue weighted by atomic mass is 9.88. The van der Waals surface area contributed by atoms with E-state index in [1.807, 2.05) is 19.1 Å². The molecular weight excluding hydrogens is 244 g/mol. The largest absolute Gasteiger partial charge is 0.454 e. The maximum atomic E-state index is 11.7. The number of aldehydes is 1. The van der Waals surface area contributed by atoms with Crippen molar-refractivity contribution < 1.29 is 19.1 Å². The number of carbonyl (C=O) groups is 2. The number of hydrogen-bond donors (Lipinski definition) is 0. The highest BCUT2D eigenvalue weighted by molar-refractivity contribution is 5.91. The van der Waals surface area contributed by atoms with E-state index in [1.54, 1.807) is 0 Å². The predicted octanol–water partition coefficient (Wildman–Crippen LogP) is 1.72. The third-order valence-corrected chi connectivity index (χ3v) is 3.97. The summed E-state index contributed by atoms with van der Waals surface area (Å²) < 4.78 is 10.9. The van der Waals surface area contributed by atoms with Gasteiger partial charge in [0.15, 0.2) is 0 Å². The van der Waals surface area contributed by atoms with E-state index in [0.717, 1.165) is 24.7 Å². The number of allylic oxidation sites excluding steroid dienone is 2. The average Bonchev–Trinajstić information content (AvgIpc) is 3.08. The number of ether oxygens (including phenoxy) is 2. The summed E-state index contributed by atoms with van der Waals surface area (Å²) in [5, 5.41) is 0. The zero-order chi connectivity index (χ0) is 13.6. The van der Waals surface area contributed by atoms with Crippen LogP contribution < -0.4 is 0 Å². The summed E-state index contributed by atoms with van der Waals surface area (Å²) in [6.45, 7) is 5.81. The number of epoxide rings is 1. The second-order valence-corrected chi connectivity index (χ2v) is 5.32. The van der Waals surface area contributed by atoms with Crippen LogP contribution >= 0.6 is 0 Å². The Hall–Kier alpha value is -1.68. The van der Waals surface area contributed by atoms with Gasteiger partial charge in [-0.15, -0.1) is 0 Å². The molecule has 4 atom stereocenters. The lowest BCUT2D eigenvalue weighted by Crippen LogP contribution is -2.22. The highest BCUT2D eigenvalue weighted by Gasteiger charge is 2.55. The number of carbonyl (C=O) groups excluding carboxylic acids is 2. The van der Waals surface area contributed by atoms with Crippen molar-refractivity contribution in [2.75, 3.05) is 0 Å². The molecule has 0 saturated carbocycles. The molecule has 3 rings (SSSR count). The molecular formula is C15H16O4. The van der Waals surface area contributed by atoms with Crippen LogP contribution in [0.15, 0.2) is 35.5 Å². The normalized spacial score (nSPS) is 37.5. The summed E-state index contributed by atoms with van der Waals surface area (Å²) in [6.07, 6.45) is 5.74. The third-order valence-electron chi connectivity index (χ3n) is 3.97. The van der Waals surface area contributed by atoms with Crippen LogP contribution in [-0.2, 0) is 19.1 Å². The van der Waals surface area contributed by atoms with E-state index in [2.05, 4.69) is 6.58 Å². The van der Waals surface area contributed by atoms with Gasteiger partial charge >= 0.3 is 5.97 Å². The van der Waals surface area contributed by atoms with Gasteiger partial charge in [0.1, 0.15) is 18.5 Å². The Labute approximate surface area is 111 Å². The zero-order valence-corrected chi connectivity index (χ0v) is 10.8. The van der Waals surface area contributed by atoms with Crippen LogP contribution in [0.4, 0.5) is 0 Å². The molecule has 2 saturated heterocycles. The molecule has 2 unspecified atom stereocenters. The van der Waals surface area contributed by atoms with E-state index < -0.39 is 0 Å². The van der Waals surface area contributed by atoms with Gasteiger partial charge in [-0.2, -0.15) is 0 Å². The molecule has 19 heavy (non-hydrogen) atoms. The first kappa shape index (κ1) is 12.4. The number of esters is 1. The molecule has 4 heteroatoms. The van der Waals surface area contributed by atoms with Crippen LogP contribution in [0, 0.1) is 5.92 Å². The van der Waals surface area contributed by atoms with E-state index in [4.69, 9.17) is 9.47 Å². The molecule has 0 amide bonds. The second-order valence-electron chi connectivity index (χ2n) is 5.32. The van der Waals surface area contributed by atoms with Gasteiger partial charge in [0.25, 0.3) is 0 Å². The van der Waals surface area contributed by atoms with Gasteiger partial charge in [0, 0.05) is 11.1 Å². The lowest BCUT2D eigenvalue weighted by Gasteiger charge is -2.14. The van der Waals surface area contributed by atoms with Crippen molar-refractivity contribution >= 4 is 12.3 Å². The van der Waals surface area contributed by atoms with Crippen molar-refractivity contribution in [2.24, 2.45) is 5.92 Å². The van der Waals surface area contributed by atoms with Crippen molar-refractivity contribution in [3.63, 3.8) is 0 Å². The van der Waals surface area contributed by atoms with E-state index in [-0.39, 0.29) is 30.2 Å².